The second kappa shape index (κ2) is 8.09. The van der Waals surface area contributed by atoms with Crippen molar-refractivity contribution in [3.8, 4) is 5.75 Å². The molecule has 0 bridgehead atoms. The molecule has 0 aliphatic heterocycles. The summed E-state index contributed by atoms with van der Waals surface area (Å²) in [4.78, 5) is 16.1. The van der Waals surface area contributed by atoms with Crippen molar-refractivity contribution in [1.29, 1.82) is 0 Å². The van der Waals surface area contributed by atoms with Gasteiger partial charge in [-0.1, -0.05) is 23.2 Å². The molecule has 0 saturated carbocycles. The Kier molecular flexibility index (Phi) is 6.30. The Morgan fingerprint density at radius 2 is 2.08 bits per heavy atom. The van der Waals surface area contributed by atoms with E-state index in [0.717, 1.165) is 6.07 Å². The largest absolute Gasteiger partial charge is 0.490 e. The number of aromatic nitrogens is 3. The third-order valence-corrected chi connectivity index (χ3v) is 3.77. The summed E-state index contributed by atoms with van der Waals surface area (Å²) in [6.45, 7) is 1.34. The molecule has 1 aromatic heterocycles. The summed E-state index contributed by atoms with van der Waals surface area (Å²) in [6, 6.07) is 0.732. The highest BCUT2D eigenvalue weighted by atomic mass is 35.5. The van der Waals surface area contributed by atoms with Gasteiger partial charge in [-0.15, -0.1) is 0 Å². The lowest BCUT2D eigenvalue weighted by Crippen LogP contribution is -2.19. The first-order chi connectivity index (χ1) is 12.1. The molecular formula is C14H12Cl2F4N4O2. The summed E-state index contributed by atoms with van der Waals surface area (Å²) in [7, 11) is 0. The molecule has 0 fully saturated rings. The van der Waals surface area contributed by atoms with Crippen molar-refractivity contribution in [2.75, 3.05) is 11.9 Å². The monoisotopic (exact) mass is 414 g/mol. The molecule has 0 aliphatic carbocycles. The molecule has 142 valence electrons. The lowest BCUT2D eigenvalue weighted by atomic mass is 10.2. The maximum Gasteiger partial charge on any atom is 0.392 e. The number of nitrogens with zero attached hydrogens (tertiary/aromatic N) is 3. The number of alkyl halides is 3. The molecule has 2 rings (SSSR count). The number of amides is 1. The van der Waals surface area contributed by atoms with Crippen LogP contribution in [-0.2, 0) is 6.54 Å². The molecule has 0 saturated heterocycles. The standard InChI is InChI=1S/C14H12Cl2F4N4O2/c1-2-24-13(21-6-22-24)23-12(25)9-8(17)5-7(15)11(10(9)16)26-4-3-14(18,19)20/h5-6H,2-4H2,1H3,(H,21,22,23,25). The zero-order chi connectivity index (χ0) is 19.5. The zero-order valence-corrected chi connectivity index (χ0v) is 14.7. The molecule has 1 amide bonds. The van der Waals surface area contributed by atoms with Crippen LogP contribution in [-0.4, -0.2) is 33.5 Å². The highest BCUT2D eigenvalue weighted by Gasteiger charge is 2.28. The maximum absolute atomic E-state index is 14.2. The molecule has 0 atom stereocenters. The summed E-state index contributed by atoms with van der Waals surface area (Å²) >= 11 is 11.7. The normalized spacial score (nSPS) is 11.5. The van der Waals surface area contributed by atoms with E-state index in [-0.39, 0.29) is 11.0 Å². The minimum atomic E-state index is -4.45. The van der Waals surface area contributed by atoms with Gasteiger partial charge in [-0.2, -0.15) is 23.3 Å². The van der Waals surface area contributed by atoms with Gasteiger partial charge in [0.15, 0.2) is 5.75 Å². The van der Waals surface area contributed by atoms with Crippen LogP contribution in [0.2, 0.25) is 10.0 Å². The lowest BCUT2D eigenvalue weighted by Gasteiger charge is -2.14. The number of hydrogen-bond donors (Lipinski definition) is 1. The smallest absolute Gasteiger partial charge is 0.392 e. The van der Waals surface area contributed by atoms with Crippen LogP contribution in [0.4, 0.5) is 23.5 Å². The van der Waals surface area contributed by atoms with Crippen molar-refractivity contribution in [2.45, 2.75) is 26.1 Å². The third kappa shape index (κ3) is 4.76. The molecule has 0 unspecified atom stereocenters. The quantitative estimate of drug-likeness (QED) is 0.714. The number of nitrogens with one attached hydrogen (secondary N) is 1. The molecule has 1 heterocycles. The fourth-order valence-electron chi connectivity index (χ4n) is 1.94. The van der Waals surface area contributed by atoms with Crippen molar-refractivity contribution in [3.05, 3.63) is 33.8 Å². The van der Waals surface area contributed by atoms with Crippen LogP contribution in [0.5, 0.6) is 5.75 Å². The second-order valence-corrected chi connectivity index (χ2v) is 5.71. The molecule has 26 heavy (non-hydrogen) atoms. The molecule has 1 N–H and O–H groups in total. The van der Waals surface area contributed by atoms with E-state index in [1.807, 2.05) is 0 Å². The SMILES string of the molecule is CCn1ncnc1NC(=O)c1c(F)cc(Cl)c(OCCC(F)(F)F)c1Cl. The third-order valence-electron chi connectivity index (χ3n) is 3.13. The van der Waals surface area contributed by atoms with Gasteiger partial charge >= 0.3 is 6.18 Å². The van der Waals surface area contributed by atoms with Crippen LogP contribution in [0.15, 0.2) is 12.4 Å². The van der Waals surface area contributed by atoms with E-state index >= 15 is 0 Å². The minimum absolute atomic E-state index is 0.0439. The molecule has 2 aromatic rings. The molecule has 12 heteroatoms. The Labute approximate surface area is 155 Å². The van der Waals surface area contributed by atoms with Gasteiger partial charge in [-0.05, 0) is 13.0 Å². The van der Waals surface area contributed by atoms with Gasteiger partial charge in [0.2, 0.25) is 5.95 Å². The van der Waals surface area contributed by atoms with Gasteiger partial charge in [0, 0.05) is 6.54 Å². The number of hydrogen-bond acceptors (Lipinski definition) is 4. The van der Waals surface area contributed by atoms with E-state index in [9.17, 15) is 22.4 Å². The topological polar surface area (TPSA) is 69.0 Å². The van der Waals surface area contributed by atoms with Crippen LogP contribution >= 0.6 is 23.2 Å². The van der Waals surface area contributed by atoms with Crippen molar-refractivity contribution in [1.82, 2.24) is 14.8 Å². The van der Waals surface area contributed by atoms with Gasteiger partial charge in [0.1, 0.15) is 12.1 Å². The van der Waals surface area contributed by atoms with E-state index in [1.165, 1.54) is 11.0 Å². The summed E-state index contributed by atoms with van der Waals surface area (Å²) in [5.74, 6) is -2.42. The summed E-state index contributed by atoms with van der Waals surface area (Å²) in [5, 5.41) is 5.24. The summed E-state index contributed by atoms with van der Waals surface area (Å²) in [5.41, 5.74) is -0.635. The van der Waals surface area contributed by atoms with Crippen molar-refractivity contribution in [3.63, 3.8) is 0 Å². The minimum Gasteiger partial charge on any atom is -0.490 e. The van der Waals surface area contributed by atoms with Gasteiger partial charge < -0.3 is 4.74 Å². The fourth-order valence-corrected chi connectivity index (χ4v) is 2.56. The number of anilines is 1. The number of aryl methyl sites for hydroxylation is 1. The van der Waals surface area contributed by atoms with Gasteiger partial charge in [-0.25, -0.2) is 9.07 Å². The predicted octanol–water partition coefficient (Wildman–Crippen LogP) is 4.33. The van der Waals surface area contributed by atoms with E-state index in [4.69, 9.17) is 27.9 Å². The average molecular weight is 415 g/mol. The first-order valence-electron chi connectivity index (χ1n) is 7.20. The maximum atomic E-state index is 14.2. The number of benzene rings is 1. The second-order valence-electron chi connectivity index (χ2n) is 4.93. The number of carbonyl (C=O) groups is 1. The Balaban J connectivity index is 2.27. The van der Waals surface area contributed by atoms with Crippen molar-refractivity contribution >= 4 is 35.1 Å². The van der Waals surface area contributed by atoms with Crippen LogP contribution in [0.3, 0.4) is 0 Å². The highest BCUT2D eigenvalue weighted by Crippen LogP contribution is 2.38. The van der Waals surface area contributed by atoms with E-state index < -0.39 is 47.3 Å². The summed E-state index contributed by atoms with van der Waals surface area (Å²) in [6.07, 6.45) is -4.54. The number of ether oxygens (including phenoxy) is 1. The van der Waals surface area contributed by atoms with E-state index in [2.05, 4.69) is 15.4 Å². The lowest BCUT2D eigenvalue weighted by molar-refractivity contribution is -0.139. The fraction of sp³-hybridized carbons (Fsp3) is 0.357. The molecule has 0 radical (unpaired) electrons. The van der Waals surface area contributed by atoms with Crippen molar-refractivity contribution < 1.29 is 27.1 Å². The van der Waals surface area contributed by atoms with E-state index in [1.54, 1.807) is 6.92 Å². The average Bonchev–Trinajstić information content (AvgIpc) is 2.96. The predicted molar refractivity (Wildman–Crippen MR) is 86.2 cm³/mol. The van der Waals surface area contributed by atoms with Crippen LogP contribution in [0, 0.1) is 5.82 Å². The van der Waals surface area contributed by atoms with Crippen LogP contribution in [0.1, 0.15) is 23.7 Å². The zero-order valence-electron chi connectivity index (χ0n) is 13.2. The first kappa shape index (κ1) is 20.2. The van der Waals surface area contributed by atoms with Crippen LogP contribution in [0.25, 0.3) is 0 Å². The Morgan fingerprint density at radius 3 is 2.69 bits per heavy atom. The molecule has 6 nitrogen and oxygen atoms in total. The Morgan fingerprint density at radius 1 is 1.38 bits per heavy atom. The summed E-state index contributed by atoms with van der Waals surface area (Å²) < 4.78 is 57.1. The molecular weight excluding hydrogens is 403 g/mol. The molecule has 0 spiro atoms. The van der Waals surface area contributed by atoms with Gasteiger partial charge in [-0.3, -0.25) is 10.1 Å². The van der Waals surface area contributed by atoms with Gasteiger partial charge in [0.25, 0.3) is 5.91 Å². The van der Waals surface area contributed by atoms with Crippen molar-refractivity contribution in [2.24, 2.45) is 0 Å². The number of halogens is 6. The Bertz CT molecular complexity index is 811. The molecule has 0 aliphatic rings. The first-order valence-corrected chi connectivity index (χ1v) is 7.95. The van der Waals surface area contributed by atoms with Gasteiger partial charge in [0.05, 0.1) is 28.6 Å². The number of carbonyl (C=O) groups excluding carboxylic acids is 1. The number of rotatable bonds is 6. The van der Waals surface area contributed by atoms with Crippen LogP contribution < -0.4 is 10.1 Å². The van der Waals surface area contributed by atoms with E-state index in [0.29, 0.717) is 6.54 Å². The molecule has 1 aromatic carbocycles. The Hall–Kier alpha value is -2.07. The highest BCUT2D eigenvalue weighted by molar-refractivity contribution is 6.39.